The van der Waals surface area contributed by atoms with Crippen LogP contribution in [0.2, 0.25) is 0 Å². The van der Waals surface area contributed by atoms with E-state index in [0.29, 0.717) is 11.5 Å². The molecule has 0 fully saturated rings. The average Bonchev–Trinajstić information content (AvgIpc) is 2.47. The minimum absolute atomic E-state index is 0.460. The van der Waals surface area contributed by atoms with Gasteiger partial charge in [0.1, 0.15) is 17.8 Å². The molecule has 0 aliphatic carbocycles. The van der Waals surface area contributed by atoms with E-state index in [0.717, 1.165) is 29.8 Å². The Morgan fingerprint density at radius 1 is 1.20 bits per heavy atom. The third-order valence-electron chi connectivity index (χ3n) is 3.66. The second kappa shape index (κ2) is 6.38. The maximum Gasteiger partial charge on any atom is 0.150 e. The summed E-state index contributed by atoms with van der Waals surface area (Å²) in [6.45, 7) is 6.28. The van der Waals surface area contributed by atoms with Crippen LogP contribution in [-0.4, -0.2) is 6.29 Å². The monoisotopic (exact) mass is 268 g/mol. The lowest BCUT2D eigenvalue weighted by Crippen LogP contribution is -1.96. The molecule has 1 unspecified atom stereocenters. The smallest absolute Gasteiger partial charge is 0.150 e. The van der Waals surface area contributed by atoms with Gasteiger partial charge in [-0.1, -0.05) is 32.0 Å². The highest BCUT2D eigenvalue weighted by Gasteiger charge is 2.10. The number of para-hydroxylation sites is 1. The summed E-state index contributed by atoms with van der Waals surface area (Å²) in [6, 6.07) is 13.6. The standard InChI is InChI=1S/C18H20O2/c1-4-13(2)17-7-5-6-8-18(17)20-16-10-9-15(12-19)14(3)11-16/h5-13H,4H2,1-3H3. The fourth-order valence-corrected chi connectivity index (χ4v) is 2.17. The van der Waals surface area contributed by atoms with Gasteiger partial charge in [-0.15, -0.1) is 0 Å². The van der Waals surface area contributed by atoms with E-state index in [9.17, 15) is 4.79 Å². The van der Waals surface area contributed by atoms with Crippen LogP contribution in [0.5, 0.6) is 11.5 Å². The number of carbonyl (C=O) groups excluding carboxylic acids is 1. The lowest BCUT2D eigenvalue weighted by atomic mass is 9.98. The van der Waals surface area contributed by atoms with Crippen molar-refractivity contribution in [2.45, 2.75) is 33.1 Å². The highest BCUT2D eigenvalue weighted by Crippen LogP contribution is 2.32. The molecule has 0 aromatic heterocycles. The van der Waals surface area contributed by atoms with E-state index in [2.05, 4.69) is 19.9 Å². The second-order valence-electron chi connectivity index (χ2n) is 5.09. The Bertz CT molecular complexity index is 602. The van der Waals surface area contributed by atoms with Gasteiger partial charge in [-0.25, -0.2) is 0 Å². The number of benzene rings is 2. The first kappa shape index (κ1) is 14.3. The lowest BCUT2D eigenvalue weighted by Gasteiger charge is -2.15. The zero-order valence-electron chi connectivity index (χ0n) is 12.2. The van der Waals surface area contributed by atoms with Gasteiger partial charge in [0.25, 0.3) is 0 Å². The third kappa shape index (κ3) is 3.08. The summed E-state index contributed by atoms with van der Waals surface area (Å²) in [4.78, 5) is 10.8. The summed E-state index contributed by atoms with van der Waals surface area (Å²) >= 11 is 0. The first-order chi connectivity index (χ1) is 9.65. The maximum absolute atomic E-state index is 10.8. The van der Waals surface area contributed by atoms with Crippen LogP contribution in [0.4, 0.5) is 0 Å². The molecule has 0 spiro atoms. The summed E-state index contributed by atoms with van der Waals surface area (Å²) in [5.41, 5.74) is 2.85. The number of rotatable bonds is 5. The zero-order chi connectivity index (χ0) is 14.5. The third-order valence-corrected chi connectivity index (χ3v) is 3.66. The minimum atomic E-state index is 0.460. The molecule has 2 nitrogen and oxygen atoms in total. The molecule has 0 saturated carbocycles. The molecular weight excluding hydrogens is 248 g/mol. The molecule has 104 valence electrons. The number of ether oxygens (including phenoxy) is 1. The Morgan fingerprint density at radius 2 is 1.95 bits per heavy atom. The van der Waals surface area contributed by atoms with Crippen molar-refractivity contribution < 1.29 is 9.53 Å². The van der Waals surface area contributed by atoms with Gasteiger partial charge in [-0.2, -0.15) is 0 Å². The molecule has 2 aromatic carbocycles. The van der Waals surface area contributed by atoms with Crippen LogP contribution in [0.3, 0.4) is 0 Å². The van der Waals surface area contributed by atoms with E-state index >= 15 is 0 Å². The SMILES string of the molecule is CCC(C)c1ccccc1Oc1ccc(C=O)c(C)c1. The van der Waals surface area contributed by atoms with Gasteiger partial charge in [-0.05, 0) is 54.7 Å². The van der Waals surface area contributed by atoms with Crippen molar-refractivity contribution in [1.82, 2.24) is 0 Å². The molecule has 1 atom stereocenters. The van der Waals surface area contributed by atoms with Gasteiger partial charge in [0.2, 0.25) is 0 Å². The molecule has 2 aromatic rings. The van der Waals surface area contributed by atoms with Gasteiger partial charge >= 0.3 is 0 Å². The zero-order valence-corrected chi connectivity index (χ0v) is 12.2. The van der Waals surface area contributed by atoms with Crippen molar-refractivity contribution in [3.05, 3.63) is 59.2 Å². The Kier molecular flexibility index (Phi) is 4.57. The Labute approximate surface area is 120 Å². The Balaban J connectivity index is 2.30. The normalized spacial score (nSPS) is 11.9. The summed E-state index contributed by atoms with van der Waals surface area (Å²) in [5, 5.41) is 0. The van der Waals surface area contributed by atoms with Crippen molar-refractivity contribution in [1.29, 1.82) is 0 Å². The molecule has 0 amide bonds. The van der Waals surface area contributed by atoms with E-state index in [1.54, 1.807) is 6.07 Å². The fourth-order valence-electron chi connectivity index (χ4n) is 2.17. The lowest BCUT2D eigenvalue weighted by molar-refractivity contribution is 0.112. The van der Waals surface area contributed by atoms with E-state index in [1.807, 2.05) is 37.3 Å². The van der Waals surface area contributed by atoms with Crippen molar-refractivity contribution in [3.8, 4) is 11.5 Å². The van der Waals surface area contributed by atoms with Crippen LogP contribution in [0.15, 0.2) is 42.5 Å². The first-order valence-electron chi connectivity index (χ1n) is 6.98. The molecule has 0 saturated heterocycles. The summed E-state index contributed by atoms with van der Waals surface area (Å²) in [5.74, 6) is 2.12. The summed E-state index contributed by atoms with van der Waals surface area (Å²) in [7, 11) is 0. The van der Waals surface area contributed by atoms with E-state index in [4.69, 9.17) is 4.74 Å². The van der Waals surface area contributed by atoms with Gasteiger partial charge in [0.05, 0.1) is 0 Å². The van der Waals surface area contributed by atoms with Crippen molar-refractivity contribution >= 4 is 6.29 Å². The highest BCUT2D eigenvalue weighted by atomic mass is 16.5. The number of aryl methyl sites for hydroxylation is 1. The van der Waals surface area contributed by atoms with Gasteiger partial charge in [0.15, 0.2) is 0 Å². The molecule has 20 heavy (non-hydrogen) atoms. The topological polar surface area (TPSA) is 26.3 Å². The van der Waals surface area contributed by atoms with Crippen LogP contribution in [-0.2, 0) is 0 Å². The number of hydrogen-bond donors (Lipinski definition) is 0. The molecule has 0 bridgehead atoms. The molecule has 0 heterocycles. The fraction of sp³-hybridized carbons (Fsp3) is 0.278. The van der Waals surface area contributed by atoms with Crippen LogP contribution < -0.4 is 4.74 Å². The van der Waals surface area contributed by atoms with Gasteiger partial charge in [0, 0.05) is 5.56 Å². The average molecular weight is 268 g/mol. The maximum atomic E-state index is 10.8. The van der Waals surface area contributed by atoms with Crippen molar-refractivity contribution in [2.75, 3.05) is 0 Å². The summed E-state index contributed by atoms with van der Waals surface area (Å²) < 4.78 is 6.00. The summed E-state index contributed by atoms with van der Waals surface area (Å²) in [6.07, 6.45) is 1.94. The molecule has 0 radical (unpaired) electrons. The second-order valence-corrected chi connectivity index (χ2v) is 5.09. The Hall–Kier alpha value is -2.09. The molecule has 0 aliphatic heterocycles. The molecule has 0 N–H and O–H groups in total. The largest absolute Gasteiger partial charge is 0.457 e. The van der Waals surface area contributed by atoms with Crippen LogP contribution in [0, 0.1) is 6.92 Å². The predicted molar refractivity (Wildman–Crippen MR) is 81.8 cm³/mol. The Morgan fingerprint density at radius 3 is 2.60 bits per heavy atom. The van der Waals surface area contributed by atoms with E-state index in [1.165, 1.54) is 5.56 Å². The van der Waals surface area contributed by atoms with Gasteiger partial charge < -0.3 is 4.74 Å². The van der Waals surface area contributed by atoms with E-state index < -0.39 is 0 Å². The van der Waals surface area contributed by atoms with Crippen molar-refractivity contribution in [2.24, 2.45) is 0 Å². The predicted octanol–water partition coefficient (Wildman–Crippen LogP) is 5.11. The quantitative estimate of drug-likeness (QED) is 0.704. The van der Waals surface area contributed by atoms with E-state index in [-0.39, 0.29) is 0 Å². The molecule has 2 rings (SSSR count). The first-order valence-corrected chi connectivity index (χ1v) is 6.98. The number of hydrogen-bond acceptors (Lipinski definition) is 2. The number of aldehydes is 1. The van der Waals surface area contributed by atoms with Gasteiger partial charge in [-0.3, -0.25) is 4.79 Å². The van der Waals surface area contributed by atoms with Crippen LogP contribution in [0.25, 0.3) is 0 Å². The molecule has 2 heteroatoms. The highest BCUT2D eigenvalue weighted by molar-refractivity contribution is 5.77. The molecular formula is C18H20O2. The molecule has 0 aliphatic rings. The van der Waals surface area contributed by atoms with Crippen LogP contribution >= 0.6 is 0 Å². The number of carbonyl (C=O) groups is 1. The van der Waals surface area contributed by atoms with Crippen molar-refractivity contribution in [3.63, 3.8) is 0 Å². The van der Waals surface area contributed by atoms with Crippen LogP contribution in [0.1, 0.15) is 47.7 Å². The minimum Gasteiger partial charge on any atom is -0.457 e.